The summed E-state index contributed by atoms with van der Waals surface area (Å²) in [5, 5.41) is 7.78. The molecule has 0 fully saturated rings. The van der Waals surface area contributed by atoms with Gasteiger partial charge in [-0.2, -0.15) is 5.10 Å². The highest BCUT2D eigenvalue weighted by Gasteiger charge is 2.38. The lowest BCUT2D eigenvalue weighted by atomic mass is 10.1. The van der Waals surface area contributed by atoms with Crippen LogP contribution in [-0.2, 0) is 6.54 Å². The van der Waals surface area contributed by atoms with E-state index in [1.54, 1.807) is 18.2 Å². The molecule has 1 aliphatic rings. The minimum atomic E-state index is -0.406. The van der Waals surface area contributed by atoms with Crippen LogP contribution < -0.4 is 0 Å². The van der Waals surface area contributed by atoms with Crippen molar-refractivity contribution in [3.63, 3.8) is 0 Å². The number of nitrogens with zero attached hydrogens (tertiary/aromatic N) is 3. The molecule has 114 valence electrons. The number of aromatic amines is 1. The highest BCUT2D eigenvalue weighted by molar-refractivity contribution is 6.42. The second-order valence-electron chi connectivity index (χ2n) is 5.09. The van der Waals surface area contributed by atoms with Crippen LogP contribution in [0.5, 0.6) is 0 Å². The number of aromatic nitrogens is 3. The Morgan fingerprint density at radius 1 is 1.13 bits per heavy atom. The first kappa shape index (κ1) is 14.2. The average Bonchev–Trinajstić information content (AvgIpc) is 3.10. The van der Waals surface area contributed by atoms with Crippen LogP contribution in [0.2, 0.25) is 10.0 Å². The lowest BCUT2D eigenvalue weighted by Gasteiger charge is -2.15. The third-order valence-electron chi connectivity index (χ3n) is 3.78. The van der Waals surface area contributed by atoms with Gasteiger partial charge in [-0.1, -0.05) is 35.3 Å². The van der Waals surface area contributed by atoms with Crippen molar-refractivity contribution in [2.45, 2.75) is 6.54 Å². The summed E-state index contributed by atoms with van der Waals surface area (Å²) in [6.07, 6.45) is 2.87. The maximum absolute atomic E-state index is 12.7. The number of benzene rings is 1. The van der Waals surface area contributed by atoms with Gasteiger partial charge in [0.1, 0.15) is 0 Å². The molecule has 0 atom stereocenters. The molecule has 6 nitrogen and oxygen atoms in total. The normalized spacial score (nSPS) is 13.9. The second-order valence-corrected chi connectivity index (χ2v) is 5.87. The molecular weight excluding hydrogens is 339 g/mol. The number of carbonyl (C=O) groups is 2. The second kappa shape index (κ2) is 5.04. The predicted octanol–water partition coefficient (Wildman–Crippen LogP) is 3.06. The number of amides is 2. The zero-order valence-corrected chi connectivity index (χ0v) is 13.0. The number of imide groups is 1. The molecule has 3 heterocycles. The molecule has 2 amide bonds. The largest absolute Gasteiger partial charge is 0.270 e. The van der Waals surface area contributed by atoms with Gasteiger partial charge in [-0.15, -0.1) is 0 Å². The maximum Gasteiger partial charge on any atom is 0.263 e. The van der Waals surface area contributed by atoms with Crippen molar-refractivity contribution < 1.29 is 9.59 Å². The van der Waals surface area contributed by atoms with Gasteiger partial charge in [-0.05, 0) is 11.6 Å². The van der Waals surface area contributed by atoms with Crippen molar-refractivity contribution >= 4 is 46.0 Å². The van der Waals surface area contributed by atoms with E-state index in [0.29, 0.717) is 32.2 Å². The van der Waals surface area contributed by atoms with Crippen LogP contribution in [0.4, 0.5) is 0 Å². The summed E-state index contributed by atoms with van der Waals surface area (Å²) in [6, 6.07) is 5.09. The first-order valence-electron chi connectivity index (χ1n) is 6.69. The highest BCUT2D eigenvalue weighted by atomic mass is 35.5. The molecule has 8 heteroatoms. The molecule has 2 aromatic heterocycles. The zero-order valence-electron chi connectivity index (χ0n) is 11.5. The van der Waals surface area contributed by atoms with Gasteiger partial charge in [-0.3, -0.25) is 19.6 Å². The lowest BCUT2D eigenvalue weighted by molar-refractivity contribution is 0.0643. The number of fused-ring (bicyclic) bond motifs is 3. The molecule has 1 aromatic carbocycles. The molecular formula is C15H8Cl2N4O2. The number of halogens is 2. The van der Waals surface area contributed by atoms with Crippen LogP contribution in [0.1, 0.15) is 26.3 Å². The SMILES string of the molecule is O=C1c2cnc3[nH]ncc3c2C(=O)N1Cc1cccc(Cl)c1Cl. The Bertz CT molecular complexity index is 983. The van der Waals surface area contributed by atoms with Gasteiger partial charge >= 0.3 is 0 Å². The van der Waals surface area contributed by atoms with Crippen molar-refractivity contribution in [2.24, 2.45) is 0 Å². The van der Waals surface area contributed by atoms with Crippen molar-refractivity contribution in [3.05, 3.63) is 57.3 Å². The van der Waals surface area contributed by atoms with Gasteiger partial charge in [-0.25, -0.2) is 4.98 Å². The van der Waals surface area contributed by atoms with Gasteiger partial charge in [0.25, 0.3) is 11.8 Å². The van der Waals surface area contributed by atoms with Crippen LogP contribution in [0, 0.1) is 0 Å². The fourth-order valence-corrected chi connectivity index (χ4v) is 3.03. The molecule has 1 aliphatic heterocycles. The first-order valence-corrected chi connectivity index (χ1v) is 7.44. The molecule has 0 radical (unpaired) electrons. The topological polar surface area (TPSA) is 79.0 Å². The molecule has 1 N–H and O–H groups in total. The molecule has 3 aromatic rings. The van der Waals surface area contributed by atoms with Crippen LogP contribution in [0.25, 0.3) is 11.0 Å². The number of nitrogens with one attached hydrogen (secondary N) is 1. The first-order chi connectivity index (χ1) is 11.1. The van der Waals surface area contributed by atoms with E-state index < -0.39 is 11.8 Å². The number of rotatable bonds is 2. The smallest absolute Gasteiger partial charge is 0.263 e. The summed E-state index contributed by atoms with van der Waals surface area (Å²) in [4.78, 5) is 30.5. The number of H-pyrrole nitrogens is 1. The van der Waals surface area contributed by atoms with Crippen LogP contribution in [0.3, 0.4) is 0 Å². The van der Waals surface area contributed by atoms with E-state index in [4.69, 9.17) is 23.2 Å². The molecule has 0 unspecified atom stereocenters. The molecule has 0 aliphatic carbocycles. The van der Waals surface area contributed by atoms with Crippen molar-refractivity contribution in [2.75, 3.05) is 0 Å². The Kier molecular flexibility index (Phi) is 3.11. The lowest BCUT2D eigenvalue weighted by Crippen LogP contribution is -2.29. The number of hydrogen-bond donors (Lipinski definition) is 1. The van der Waals surface area contributed by atoms with E-state index in [2.05, 4.69) is 15.2 Å². The average molecular weight is 347 g/mol. The summed E-state index contributed by atoms with van der Waals surface area (Å²) in [6.45, 7) is 0.0467. The van der Waals surface area contributed by atoms with Crippen molar-refractivity contribution in [1.82, 2.24) is 20.1 Å². The third kappa shape index (κ3) is 2.03. The standard InChI is InChI=1S/C15H8Cl2N4O2/c16-10-3-1-2-7(12(10)17)6-21-14(22)9-4-18-13-8(5-19-20-13)11(9)15(21)23/h1-5H,6H2,(H,18,19,20). The third-order valence-corrected chi connectivity index (χ3v) is 4.63. The molecule has 0 saturated heterocycles. The van der Waals surface area contributed by atoms with Crippen molar-refractivity contribution in [1.29, 1.82) is 0 Å². The monoisotopic (exact) mass is 346 g/mol. The molecule has 0 bridgehead atoms. The van der Waals surface area contributed by atoms with Crippen LogP contribution in [-0.4, -0.2) is 31.9 Å². The Labute approximate surface area is 140 Å². The van der Waals surface area contributed by atoms with Gasteiger partial charge in [0.05, 0.1) is 39.3 Å². The fraction of sp³-hybridized carbons (Fsp3) is 0.0667. The van der Waals surface area contributed by atoms with E-state index in [1.807, 2.05) is 0 Å². The van der Waals surface area contributed by atoms with Gasteiger partial charge < -0.3 is 0 Å². The quantitative estimate of drug-likeness (QED) is 0.723. The fourth-order valence-electron chi connectivity index (χ4n) is 2.65. The van der Waals surface area contributed by atoms with Gasteiger partial charge in [0, 0.05) is 6.20 Å². The number of hydrogen-bond acceptors (Lipinski definition) is 4. The number of carbonyl (C=O) groups excluding carboxylic acids is 2. The Morgan fingerprint density at radius 2 is 1.96 bits per heavy atom. The van der Waals surface area contributed by atoms with E-state index in [1.165, 1.54) is 12.4 Å². The minimum absolute atomic E-state index is 0.0467. The van der Waals surface area contributed by atoms with Crippen molar-refractivity contribution in [3.8, 4) is 0 Å². The van der Waals surface area contributed by atoms with E-state index >= 15 is 0 Å². The summed E-state index contributed by atoms with van der Waals surface area (Å²) in [5.74, 6) is -0.800. The summed E-state index contributed by atoms with van der Waals surface area (Å²) < 4.78 is 0. The Hall–Kier alpha value is -2.44. The van der Waals surface area contributed by atoms with Crippen LogP contribution in [0.15, 0.2) is 30.6 Å². The maximum atomic E-state index is 12.7. The highest BCUT2D eigenvalue weighted by Crippen LogP contribution is 2.32. The summed E-state index contributed by atoms with van der Waals surface area (Å²) >= 11 is 12.1. The Morgan fingerprint density at radius 3 is 2.78 bits per heavy atom. The van der Waals surface area contributed by atoms with Crippen LogP contribution >= 0.6 is 23.2 Å². The molecule has 4 rings (SSSR count). The van der Waals surface area contributed by atoms with E-state index in [0.717, 1.165) is 4.90 Å². The van der Waals surface area contributed by atoms with E-state index in [9.17, 15) is 9.59 Å². The zero-order chi connectivity index (χ0) is 16.1. The minimum Gasteiger partial charge on any atom is -0.270 e. The van der Waals surface area contributed by atoms with Gasteiger partial charge in [0.2, 0.25) is 0 Å². The number of pyridine rings is 1. The predicted molar refractivity (Wildman–Crippen MR) is 84.6 cm³/mol. The van der Waals surface area contributed by atoms with Gasteiger partial charge in [0.15, 0.2) is 5.65 Å². The summed E-state index contributed by atoms with van der Waals surface area (Å²) in [5.41, 5.74) is 1.64. The van der Waals surface area contributed by atoms with E-state index in [-0.39, 0.29) is 12.1 Å². The molecule has 0 spiro atoms. The molecule has 0 saturated carbocycles. The summed E-state index contributed by atoms with van der Waals surface area (Å²) in [7, 11) is 0. The molecule has 23 heavy (non-hydrogen) atoms. The Balaban J connectivity index is 1.78.